The minimum atomic E-state index is -0.526. The van der Waals surface area contributed by atoms with Crippen LogP contribution in [0.25, 0.3) is 5.69 Å². The summed E-state index contributed by atoms with van der Waals surface area (Å²) in [6, 6.07) is 7.84. The Balaban J connectivity index is 2.10. The Kier molecular flexibility index (Phi) is 5.27. The maximum Gasteiger partial charge on any atom is 0.273 e. The maximum absolute atomic E-state index is 12.1. The van der Waals surface area contributed by atoms with Crippen molar-refractivity contribution >= 4 is 5.91 Å². The molecule has 0 fully saturated rings. The molecule has 0 aliphatic rings. The number of aliphatic hydroxyl groups is 1. The van der Waals surface area contributed by atoms with E-state index in [1.807, 2.05) is 38.1 Å². The molecule has 0 aliphatic carbocycles. The summed E-state index contributed by atoms with van der Waals surface area (Å²) in [4.78, 5) is 12.1. The van der Waals surface area contributed by atoms with Gasteiger partial charge >= 0.3 is 0 Å². The van der Waals surface area contributed by atoms with E-state index in [4.69, 9.17) is 0 Å². The topological polar surface area (TPSA) is 80.0 Å². The van der Waals surface area contributed by atoms with Crippen LogP contribution in [0.1, 0.15) is 41.5 Å². The number of aliphatic hydroxyl groups excluding tert-OH is 1. The molecule has 2 aromatic rings. The molecule has 1 heterocycles. The first-order valence-electron chi connectivity index (χ1n) is 7.48. The number of amides is 1. The van der Waals surface area contributed by atoms with Gasteiger partial charge in [0.05, 0.1) is 17.5 Å². The van der Waals surface area contributed by atoms with E-state index in [1.54, 1.807) is 11.6 Å². The molecular formula is C16H22N4O2. The number of nitrogens with one attached hydrogen (secondary N) is 1. The second-order valence-electron chi connectivity index (χ2n) is 5.42. The van der Waals surface area contributed by atoms with Crippen LogP contribution in [0.15, 0.2) is 24.3 Å². The molecular weight excluding hydrogens is 280 g/mol. The van der Waals surface area contributed by atoms with Gasteiger partial charge in [0.15, 0.2) is 5.69 Å². The van der Waals surface area contributed by atoms with Gasteiger partial charge in [-0.1, -0.05) is 36.3 Å². The summed E-state index contributed by atoms with van der Waals surface area (Å²) in [6.45, 7) is 6.03. The van der Waals surface area contributed by atoms with E-state index in [9.17, 15) is 9.90 Å². The van der Waals surface area contributed by atoms with Gasteiger partial charge in [0.1, 0.15) is 0 Å². The first kappa shape index (κ1) is 16.2. The fourth-order valence-electron chi connectivity index (χ4n) is 2.20. The largest absolute Gasteiger partial charge is 0.391 e. The Morgan fingerprint density at radius 2 is 2.00 bits per heavy atom. The number of hydrogen-bond acceptors (Lipinski definition) is 4. The third-order valence-corrected chi connectivity index (χ3v) is 3.51. The predicted molar refractivity (Wildman–Crippen MR) is 84.1 cm³/mol. The lowest BCUT2D eigenvalue weighted by molar-refractivity contribution is 0.0904. The Labute approximate surface area is 130 Å². The third kappa shape index (κ3) is 3.71. The van der Waals surface area contributed by atoms with Gasteiger partial charge in [0.2, 0.25) is 0 Å². The van der Waals surface area contributed by atoms with Gasteiger partial charge in [-0.15, -0.1) is 5.10 Å². The SMILES string of the molecule is CCCC(O)CNC(=O)c1nnn(-c2ccc(C)cc2)c1C. The summed E-state index contributed by atoms with van der Waals surface area (Å²) in [5.74, 6) is -0.314. The summed E-state index contributed by atoms with van der Waals surface area (Å²) >= 11 is 0. The lowest BCUT2D eigenvalue weighted by atomic mass is 10.2. The van der Waals surface area contributed by atoms with Crippen LogP contribution in [-0.4, -0.2) is 38.7 Å². The van der Waals surface area contributed by atoms with Crippen molar-refractivity contribution in [3.05, 3.63) is 41.2 Å². The number of hydrogen-bond donors (Lipinski definition) is 2. The van der Waals surface area contributed by atoms with E-state index in [2.05, 4.69) is 15.6 Å². The standard InChI is InChI=1S/C16H22N4O2/c1-4-5-14(21)10-17-16(22)15-12(3)20(19-18-15)13-8-6-11(2)7-9-13/h6-9,14,21H,4-5,10H2,1-3H3,(H,17,22). The van der Waals surface area contributed by atoms with E-state index in [0.29, 0.717) is 12.1 Å². The Hall–Kier alpha value is -2.21. The monoisotopic (exact) mass is 302 g/mol. The van der Waals surface area contributed by atoms with Crippen LogP contribution in [0, 0.1) is 13.8 Å². The van der Waals surface area contributed by atoms with Crippen molar-refractivity contribution in [2.45, 2.75) is 39.7 Å². The zero-order valence-electron chi connectivity index (χ0n) is 13.2. The van der Waals surface area contributed by atoms with Crippen LogP contribution in [-0.2, 0) is 0 Å². The van der Waals surface area contributed by atoms with Crippen LogP contribution in [0.4, 0.5) is 0 Å². The Bertz CT molecular complexity index is 634. The van der Waals surface area contributed by atoms with Crippen LogP contribution >= 0.6 is 0 Å². The van der Waals surface area contributed by atoms with E-state index in [1.165, 1.54) is 0 Å². The van der Waals surface area contributed by atoms with Gasteiger partial charge < -0.3 is 10.4 Å². The number of carbonyl (C=O) groups excluding carboxylic acids is 1. The minimum absolute atomic E-state index is 0.226. The van der Waals surface area contributed by atoms with Gasteiger partial charge in [0, 0.05) is 6.54 Å². The van der Waals surface area contributed by atoms with E-state index >= 15 is 0 Å². The van der Waals surface area contributed by atoms with Gasteiger partial charge in [-0.05, 0) is 32.4 Å². The molecule has 6 nitrogen and oxygen atoms in total. The van der Waals surface area contributed by atoms with E-state index in [0.717, 1.165) is 17.7 Å². The summed E-state index contributed by atoms with van der Waals surface area (Å²) in [5.41, 5.74) is 2.97. The van der Waals surface area contributed by atoms with Crippen LogP contribution in [0.2, 0.25) is 0 Å². The molecule has 1 aromatic heterocycles. The van der Waals surface area contributed by atoms with Crippen LogP contribution in [0.3, 0.4) is 0 Å². The Morgan fingerprint density at radius 1 is 1.32 bits per heavy atom. The molecule has 0 spiro atoms. The molecule has 2 rings (SSSR count). The van der Waals surface area contributed by atoms with Crippen molar-refractivity contribution < 1.29 is 9.90 Å². The van der Waals surface area contributed by atoms with Crippen LogP contribution < -0.4 is 5.32 Å². The second-order valence-corrected chi connectivity index (χ2v) is 5.42. The molecule has 0 aliphatic heterocycles. The fraction of sp³-hybridized carbons (Fsp3) is 0.438. The number of benzene rings is 1. The maximum atomic E-state index is 12.1. The lowest BCUT2D eigenvalue weighted by Gasteiger charge is -2.10. The first-order chi connectivity index (χ1) is 10.5. The summed E-state index contributed by atoms with van der Waals surface area (Å²) in [7, 11) is 0. The smallest absolute Gasteiger partial charge is 0.273 e. The molecule has 118 valence electrons. The van der Waals surface area contributed by atoms with Crippen molar-refractivity contribution in [3.8, 4) is 5.69 Å². The molecule has 1 aromatic carbocycles. The Morgan fingerprint density at radius 3 is 2.64 bits per heavy atom. The summed E-state index contributed by atoms with van der Waals surface area (Å²) < 4.78 is 1.64. The number of aromatic nitrogens is 3. The number of aryl methyl sites for hydroxylation is 1. The molecule has 0 bridgehead atoms. The van der Waals surface area contributed by atoms with Crippen molar-refractivity contribution in [1.29, 1.82) is 0 Å². The average molecular weight is 302 g/mol. The van der Waals surface area contributed by atoms with Crippen molar-refractivity contribution in [3.63, 3.8) is 0 Å². The zero-order chi connectivity index (χ0) is 16.1. The van der Waals surface area contributed by atoms with Gasteiger partial charge in [-0.2, -0.15) is 0 Å². The molecule has 0 saturated heterocycles. The first-order valence-corrected chi connectivity index (χ1v) is 7.48. The number of carbonyl (C=O) groups is 1. The normalized spacial score (nSPS) is 12.2. The molecule has 1 amide bonds. The number of nitrogens with zero attached hydrogens (tertiary/aromatic N) is 3. The zero-order valence-corrected chi connectivity index (χ0v) is 13.2. The highest BCUT2D eigenvalue weighted by molar-refractivity contribution is 5.93. The van der Waals surface area contributed by atoms with Gasteiger partial charge in [0.25, 0.3) is 5.91 Å². The molecule has 0 radical (unpaired) electrons. The highest BCUT2D eigenvalue weighted by Gasteiger charge is 2.17. The van der Waals surface area contributed by atoms with Gasteiger partial charge in [-0.3, -0.25) is 4.79 Å². The lowest BCUT2D eigenvalue weighted by Crippen LogP contribution is -2.32. The average Bonchev–Trinajstić information content (AvgIpc) is 2.88. The second kappa shape index (κ2) is 7.17. The van der Waals surface area contributed by atoms with E-state index in [-0.39, 0.29) is 18.1 Å². The highest BCUT2D eigenvalue weighted by Crippen LogP contribution is 2.13. The third-order valence-electron chi connectivity index (χ3n) is 3.51. The fourth-order valence-corrected chi connectivity index (χ4v) is 2.20. The quantitative estimate of drug-likeness (QED) is 0.852. The summed E-state index contributed by atoms with van der Waals surface area (Å²) in [5, 5.41) is 20.4. The molecule has 0 saturated carbocycles. The minimum Gasteiger partial charge on any atom is -0.391 e. The summed E-state index contributed by atoms with van der Waals surface area (Å²) in [6.07, 6.45) is 1.01. The van der Waals surface area contributed by atoms with E-state index < -0.39 is 6.10 Å². The molecule has 22 heavy (non-hydrogen) atoms. The van der Waals surface area contributed by atoms with Crippen molar-refractivity contribution in [1.82, 2.24) is 20.3 Å². The van der Waals surface area contributed by atoms with Crippen molar-refractivity contribution in [2.24, 2.45) is 0 Å². The van der Waals surface area contributed by atoms with Crippen LogP contribution in [0.5, 0.6) is 0 Å². The molecule has 1 atom stereocenters. The number of rotatable bonds is 6. The molecule has 6 heteroatoms. The van der Waals surface area contributed by atoms with Gasteiger partial charge in [-0.25, -0.2) is 4.68 Å². The van der Waals surface area contributed by atoms with Crippen molar-refractivity contribution in [2.75, 3.05) is 6.54 Å². The molecule has 2 N–H and O–H groups in total. The predicted octanol–water partition coefficient (Wildman–Crippen LogP) is 1.77. The molecule has 1 unspecified atom stereocenters. The highest BCUT2D eigenvalue weighted by atomic mass is 16.3.